The summed E-state index contributed by atoms with van der Waals surface area (Å²) in [5, 5.41) is 5.54. The maximum Gasteiger partial charge on any atom is 0.262 e. The first kappa shape index (κ1) is 20.5. The van der Waals surface area contributed by atoms with Gasteiger partial charge in [0.1, 0.15) is 6.04 Å². The fourth-order valence-corrected chi connectivity index (χ4v) is 4.31. The van der Waals surface area contributed by atoms with E-state index in [9.17, 15) is 14.4 Å². The monoisotopic (exact) mass is 463 g/mol. The lowest BCUT2D eigenvalue weighted by Crippen LogP contribution is -2.44. The van der Waals surface area contributed by atoms with Crippen LogP contribution in [0.15, 0.2) is 40.2 Å². The summed E-state index contributed by atoms with van der Waals surface area (Å²) in [4.78, 5) is 38.9. The number of anilines is 1. The minimum absolute atomic E-state index is 0.143. The molecule has 148 valence electrons. The lowest BCUT2D eigenvalue weighted by atomic mass is 10.1. The van der Waals surface area contributed by atoms with E-state index >= 15 is 0 Å². The van der Waals surface area contributed by atoms with Crippen LogP contribution in [0, 0.1) is 0 Å². The van der Waals surface area contributed by atoms with E-state index in [0.717, 1.165) is 34.4 Å². The average molecular weight is 464 g/mol. The van der Waals surface area contributed by atoms with Crippen LogP contribution in [0.4, 0.5) is 5.69 Å². The second-order valence-electron chi connectivity index (χ2n) is 6.69. The minimum Gasteiger partial charge on any atom is -0.350 e. The average Bonchev–Trinajstić information content (AvgIpc) is 3.13. The van der Waals surface area contributed by atoms with Gasteiger partial charge < -0.3 is 15.5 Å². The Morgan fingerprint density at radius 3 is 2.79 bits per heavy atom. The zero-order chi connectivity index (χ0) is 20.1. The van der Waals surface area contributed by atoms with Crippen LogP contribution < -0.4 is 15.5 Å². The number of carbonyl (C=O) groups excluding carboxylic acids is 3. The Morgan fingerprint density at radius 2 is 2.07 bits per heavy atom. The molecule has 3 rings (SSSR count). The molecule has 1 aromatic heterocycles. The second-order valence-corrected chi connectivity index (χ2v) is 9.15. The molecule has 1 fully saturated rings. The van der Waals surface area contributed by atoms with E-state index in [4.69, 9.17) is 0 Å². The van der Waals surface area contributed by atoms with E-state index in [2.05, 4.69) is 26.6 Å². The van der Waals surface area contributed by atoms with Crippen molar-refractivity contribution >= 4 is 50.7 Å². The van der Waals surface area contributed by atoms with Gasteiger partial charge in [-0.05, 0) is 65.5 Å². The van der Waals surface area contributed by atoms with Gasteiger partial charge in [-0.3, -0.25) is 14.4 Å². The molecule has 0 saturated carbocycles. The number of amides is 3. The fourth-order valence-electron chi connectivity index (χ4n) is 3.03. The molecule has 3 amide bonds. The molecule has 28 heavy (non-hydrogen) atoms. The van der Waals surface area contributed by atoms with Crippen molar-refractivity contribution in [1.82, 2.24) is 10.6 Å². The lowest BCUT2D eigenvalue weighted by molar-refractivity contribution is -0.122. The molecule has 1 aliphatic heterocycles. The van der Waals surface area contributed by atoms with Crippen molar-refractivity contribution in [3.05, 3.63) is 50.6 Å². The standard InChI is InChI=1S/C20H22BrN3O3S/c1-13(23-20(27)16-8-9-17(21)28-16)19(26)22-12-14-5-4-6-15(11-14)24-10-3-2-7-18(24)25/h4-6,8-9,11,13H,2-3,7,10,12H2,1H3,(H,22,26)(H,23,27). The van der Waals surface area contributed by atoms with Gasteiger partial charge in [0.2, 0.25) is 11.8 Å². The molecule has 0 spiro atoms. The molecule has 2 aromatic rings. The van der Waals surface area contributed by atoms with Gasteiger partial charge in [-0.25, -0.2) is 0 Å². The molecular weight excluding hydrogens is 442 g/mol. The Kier molecular flexibility index (Phi) is 6.85. The summed E-state index contributed by atoms with van der Waals surface area (Å²) >= 11 is 4.63. The van der Waals surface area contributed by atoms with Crippen LogP contribution in [0.3, 0.4) is 0 Å². The van der Waals surface area contributed by atoms with Crippen molar-refractivity contribution in [1.29, 1.82) is 0 Å². The van der Waals surface area contributed by atoms with Crippen LogP contribution in [0.5, 0.6) is 0 Å². The topological polar surface area (TPSA) is 78.5 Å². The molecule has 0 aliphatic carbocycles. The smallest absolute Gasteiger partial charge is 0.262 e. The molecule has 0 bridgehead atoms. The van der Waals surface area contributed by atoms with Gasteiger partial charge in [0.25, 0.3) is 5.91 Å². The Hall–Kier alpha value is -2.19. The molecule has 6 nitrogen and oxygen atoms in total. The third-order valence-corrected chi connectivity index (χ3v) is 6.17. The fraction of sp³-hybridized carbons (Fsp3) is 0.350. The maximum atomic E-state index is 12.3. The molecule has 1 atom stereocenters. The SMILES string of the molecule is CC(NC(=O)c1ccc(Br)s1)C(=O)NCc1cccc(N2CCCCC2=O)c1. The number of rotatable bonds is 6. The third kappa shape index (κ3) is 5.20. The van der Waals surface area contributed by atoms with E-state index in [1.807, 2.05) is 24.3 Å². The number of benzene rings is 1. The number of piperidine rings is 1. The normalized spacial score (nSPS) is 15.2. The Morgan fingerprint density at radius 1 is 1.25 bits per heavy atom. The Labute approximate surface area is 176 Å². The van der Waals surface area contributed by atoms with Gasteiger partial charge in [0, 0.05) is 25.2 Å². The molecule has 1 aromatic carbocycles. The number of thiophene rings is 1. The van der Waals surface area contributed by atoms with Crippen LogP contribution in [-0.4, -0.2) is 30.3 Å². The Bertz CT molecular complexity index is 883. The highest BCUT2D eigenvalue weighted by molar-refractivity contribution is 9.11. The maximum absolute atomic E-state index is 12.3. The van der Waals surface area contributed by atoms with E-state index in [1.165, 1.54) is 11.3 Å². The van der Waals surface area contributed by atoms with Crippen molar-refractivity contribution in [2.75, 3.05) is 11.4 Å². The molecule has 0 radical (unpaired) electrons. The summed E-state index contributed by atoms with van der Waals surface area (Å²) < 4.78 is 0.863. The van der Waals surface area contributed by atoms with Crippen molar-refractivity contribution in [3.63, 3.8) is 0 Å². The van der Waals surface area contributed by atoms with Gasteiger partial charge in [0.15, 0.2) is 0 Å². The van der Waals surface area contributed by atoms with Crippen LogP contribution in [0.2, 0.25) is 0 Å². The van der Waals surface area contributed by atoms with Gasteiger partial charge in [-0.2, -0.15) is 0 Å². The number of hydrogen-bond acceptors (Lipinski definition) is 4. The second kappa shape index (κ2) is 9.34. The van der Waals surface area contributed by atoms with Crippen molar-refractivity contribution in [2.45, 2.75) is 38.8 Å². The molecule has 1 saturated heterocycles. The van der Waals surface area contributed by atoms with E-state index in [0.29, 0.717) is 17.8 Å². The van der Waals surface area contributed by atoms with Crippen molar-refractivity contribution in [3.8, 4) is 0 Å². The van der Waals surface area contributed by atoms with E-state index in [-0.39, 0.29) is 17.7 Å². The summed E-state index contributed by atoms with van der Waals surface area (Å²) in [7, 11) is 0. The van der Waals surface area contributed by atoms with Crippen LogP contribution in [0.1, 0.15) is 41.4 Å². The number of nitrogens with one attached hydrogen (secondary N) is 2. The first-order chi connectivity index (χ1) is 13.4. The third-order valence-electron chi connectivity index (χ3n) is 4.55. The number of nitrogens with zero attached hydrogens (tertiary/aromatic N) is 1. The van der Waals surface area contributed by atoms with Gasteiger partial charge in [0.05, 0.1) is 8.66 Å². The van der Waals surface area contributed by atoms with Gasteiger partial charge >= 0.3 is 0 Å². The minimum atomic E-state index is -0.653. The molecule has 1 unspecified atom stereocenters. The zero-order valence-corrected chi connectivity index (χ0v) is 17.9. The molecule has 2 heterocycles. The largest absolute Gasteiger partial charge is 0.350 e. The van der Waals surface area contributed by atoms with E-state index in [1.54, 1.807) is 24.0 Å². The molecule has 2 N–H and O–H groups in total. The van der Waals surface area contributed by atoms with Crippen molar-refractivity contribution < 1.29 is 14.4 Å². The number of hydrogen-bond donors (Lipinski definition) is 2. The predicted molar refractivity (Wildman–Crippen MR) is 113 cm³/mol. The predicted octanol–water partition coefficient (Wildman–Crippen LogP) is 3.46. The van der Waals surface area contributed by atoms with Gasteiger partial charge in [-0.1, -0.05) is 12.1 Å². The molecule has 8 heteroatoms. The van der Waals surface area contributed by atoms with E-state index < -0.39 is 6.04 Å². The van der Waals surface area contributed by atoms with Crippen LogP contribution in [-0.2, 0) is 16.1 Å². The van der Waals surface area contributed by atoms with Crippen LogP contribution in [0.25, 0.3) is 0 Å². The number of carbonyl (C=O) groups is 3. The highest BCUT2D eigenvalue weighted by Crippen LogP contribution is 2.23. The summed E-state index contributed by atoms with van der Waals surface area (Å²) in [5.41, 5.74) is 1.77. The molecular formula is C20H22BrN3O3S. The summed E-state index contributed by atoms with van der Waals surface area (Å²) in [6.45, 7) is 2.72. The number of halogens is 1. The highest BCUT2D eigenvalue weighted by Gasteiger charge is 2.20. The van der Waals surface area contributed by atoms with Gasteiger partial charge in [-0.15, -0.1) is 11.3 Å². The zero-order valence-electron chi connectivity index (χ0n) is 15.5. The van der Waals surface area contributed by atoms with Crippen LogP contribution >= 0.6 is 27.3 Å². The summed E-state index contributed by atoms with van der Waals surface area (Å²) in [6.07, 6.45) is 2.53. The summed E-state index contributed by atoms with van der Waals surface area (Å²) in [5.74, 6) is -0.392. The lowest BCUT2D eigenvalue weighted by Gasteiger charge is -2.27. The Balaban J connectivity index is 1.54. The first-order valence-electron chi connectivity index (χ1n) is 9.17. The first-order valence-corrected chi connectivity index (χ1v) is 10.8. The highest BCUT2D eigenvalue weighted by atomic mass is 79.9. The van der Waals surface area contributed by atoms with Crippen molar-refractivity contribution in [2.24, 2.45) is 0 Å². The molecule has 1 aliphatic rings. The quantitative estimate of drug-likeness (QED) is 0.688. The summed E-state index contributed by atoms with van der Waals surface area (Å²) in [6, 6.07) is 10.5.